The van der Waals surface area contributed by atoms with Crippen LogP contribution in [0.2, 0.25) is 0 Å². The lowest BCUT2D eigenvalue weighted by molar-refractivity contribution is -0.310. The zero-order valence-electron chi connectivity index (χ0n) is 31.1. The number of nitrogens with zero attached hydrogens (tertiary/aromatic N) is 2. The van der Waals surface area contributed by atoms with Crippen LogP contribution < -0.4 is 0 Å². The van der Waals surface area contributed by atoms with Crippen molar-refractivity contribution in [2.75, 3.05) is 13.2 Å². The molecule has 0 aromatic heterocycles. The molecule has 4 aliphatic rings. The van der Waals surface area contributed by atoms with Crippen LogP contribution in [0.5, 0.6) is 0 Å². The van der Waals surface area contributed by atoms with Gasteiger partial charge in [0.1, 0.15) is 43.4 Å². The van der Waals surface area contributed by atoms with Crippen molar-refractivity contribution in [2.45, 2.75) is 83.6 Å². The third kappa shape index (κ3) is 7.96. The summed E-state index contributed by atoms with van der Waals surface area (Å²) in [5, 5.41) is 0. The molecule has 4 heterocycles. The Morgan fingerprint density at radius 2 is 1.04 bits per heavy atom. The molecular weight excluding hydrogens is 756 g/mol. The highest BCUT2D eigenvalue weighted by molar-refractivity contribution is 6.23. The fourth-order valence-corrected chi connectivity index (χ4v) is 6.97. The van der Waals surface area contributed by atoms with Crippen molar-refractivity contribution in [2.24, 2.45) is 0 Å². The summed E-state index contributed by atoms with van der Waals surface area (Å²) in [6, 6.07) is 9.87. The molecule has 0 saturated carbocycles. The molecular formula is C38H36N2O17. The van der Waals surface area contributed by atoms with Crippen molar-refractivity contribution >= 4 is 53.5 Å². The minimum Gasteiger partial charge on any atom is -0.490 e. The van der Waals surface area contributed by atoms with Gasteiger partial charge in [-0.1, -0.05) is 24.3 Å². The van der Waals surface area contributed by atoms with Crippen LogP contribution >= 0.6 is 0 Å². The minimum atomic E-state index is -1.96. The van der Waals surface area contributed by atoms with Crippen molar-refractivity contribution in [1.82, 2.24) is 9.80 Å². The van der Waals surface area contributed by atoms with Crippen molar-refractivity contribution in [1.29, 1.82) is 0 Å². The zero-order chi connectivity index (χ0) is 41.3. The number of amides is 4. The van der Waals surface area contributed by atoms with Gasteiger partial charge < -0.3 is 37.9 Å². The van der Waals surface area contributed by atoms with E-state index in [1.807, 2.05) is 0 Å². The van der Waals surface area contributed by atoms with Gasteiger partial charge in [-0.15, -0.1) is 0 Å². The molecule has 8 atom stereocenters. The van der Waals surface area contributed by atoms with E-state index in [1.54, 1.807) is 12.1 Å². The quantitative estimate of drug-likeness (QED) is 0.177. The molecule has 0 aliphatic carbocycles. The lowest BCUT2D eigenvalue weighted by Crippen LogP contribution is -2.69. The first-order chi connectivity index (χ1) is 27.1. The van der Waals surface area contributed by atoms with Gasteiger partial charge in [-0.05, 0) is 24.3 Å². The largest absolute Gasteiger partial charge is 0.490 e. The van der Waals surface area contributed by atoms with E-state index in [1.165, 1.54) is 36.4 Å². The number of esters is 5. The van der Waals surface area contributed by atoms with Gasteiger partial charge in [-0.2, -0.15) is 0 Å². The number of benzene rings is 2. The van der Waals surface area contributed by atoms with Gasteiger partial charge in [-0.3, -0.25) is 48.1 Å². The Kier molecular flexibility index (Phi) is 11.5. The first-order valence-electron chi connectivity index (χ1n) is 17.5. The van der Waals surface area contributed by atoms with Gasteiger partial charge >= 0.3 is 29.8 Å². The second-order valence-corrected chi connectivity index (χ2v) is 13.2. The molecule has 19 heteroatoms. The van der Waals surface area contributed by atoms with Crippen molar-refractivity contribution in [3.8, 4) is 0 Å². The summed E-state index contributed by atoms with van der Waals surface area (Å²) in [5.74, 6) is -7.78. The second-order valence-electron chi connectivity index (χ2n) is 13.2. The monoisotopic (exact) mass is 792 g/mol. The normalized spacial score (nSPS) is 26.4. The maximum Gasteiger partial charge on any atom is 0.303 e. The van der Waals surface area contributed by atoms with Crippen molar-refractivity contribution < 1.29 is 81.0 Å². The van der Waals surface area contributed by atoms with E-state index in [0.29, 0.717) is 9.80 Å². The summed E-state index contributed by atoms with van der Waals surface area (Å²) in [4.78, 5) is 119. The molecule has 0 N–H and O–H groups in total. The van der Waals surface area contributed by atoms with E-state index >= 15 is 0 Å². The van der Waals surface area contributed by atoms with Crippen LogP contribution in [0.3, 0.4) is 0 Å². The van der Waals surface area contributed by atoms with Crippen LogP contribution in [-0.2, 0) is 61.9 Å². The summed E-state index contributed by atoms with van der Waals surface area (Å²) in [6.07, 6.45) is -10.8. The van der Waals surface area contributed by atoms with Gasteiger partial charge in [0.25, 0.3) is 23.6 Å². The molecule has 0 unspecified atom stereocenters. The van der Waals surface area contributed by atoms with E-state index in [0.717, 1.165) is 40.9 Å². The molecule has 19 nitrogen and oxygen atoms in total. The third-order valence-electron chi connectivity index (χ3n) is 9.20. The average Bonchev–Trinajstić information content (AvgIpc) is 3.55. The minimum absolute atomic E-state index is 0.0276. The van der Waals surface area contributed by atoms with E-state index in [2.05, 4.69) is 0 Å². The van der Waals surface area contributed by atoms with E-state index < -0.39 is 116 Å². The Morgan fingerprint density at radius 1 is 0.579 bits per heavy atom. The van der Waals surface area contributed by atoms with Gasteiger partial charge in [0.2, 0.25) is 0 Å². The Bertz CT molecular complexity index is 2010. The summed E-state index contributed by atoms with van der Waals surface area (Å²) < 4.78 is 46.1. The third-order valence-corrected chi connectivity index (χ3v) is 9.20. The zero-order valence-corrected chi connectivity index (χ0v) is 31.1. The summed E-state index contributed by atoms with van der Waals surface area (Å²) >= 11 is 0. The van der Waals surface area contributed by atoms with Crippen LogP contribution in [-0.4, -0.2) is 125 Å². The first-order valence-corrected chi connectivity index (χ1v) is 17.5. The molecule has 0 radical (unpaired) electrons. The SMILES string of the molecule is CC(=O)OC[C@H]1O[C@@H](O[C@H]2[C@H](OC(C)=O)C(N3C(=O)c4ccccc4C3=O)=CO[C@@H]2COC(C)=O)[C@H](N2C(=O)c3ccccc3C2=O)[C@@H](OC(C)=O)[C@@H]1OC(C)=O. The molecule has 4 aliphatic heterocycles. The maximum absolute atomic E-state index is 14.1. The number of ether oxygens (including phenoxy) is 8. The fraction of sp³-hybridized carbons (Fsp3) is 0.395. The van der Waals surface area contributed by atoms with Gasteiger partial charge in [0.15, 0.2) is 30.7 Å². The molecule has 2 aromatic carbocycles. The van der Waals surface area contributed by atoms with Crippen molar-refractivity contribution in [3.63, 3.8) is 0 Å². The summed E-state index contributed by atoms with van der Waals surface area (Å²) in [7, 11) is 0. The standard InChI is InChI=1S/C38H36N2O17/c1-17(41)50-15-27-31(30(53-19(3)43)26(14-52-27)39-34(46)22-10-6-7-11-23(22)35(39)47)57-38-29(40-36(48)24-12-8-9-13-25(24)37(40)49)33(55-21(5)45)32(54-20(4)44)28(56-38)16-51-18(2)42/h6-14,27-33,38H,15-16H2,1-5H3/t27-,28-,29-,30-,31-,32-,33-,38+/m1/s1. The lowest BCUT2D eigenvalue weighted by atomic mass is 9.94. The van der Waals surface area contributed by atoms with Crippen molar-refractivity contribution in [3.05, 3.63) is 82.7 Å². The van der Waals surface area contributed by atoms with Crippen LogP contribution in [0.4, 0.5) is 0 Å². The van der Waals surface area contributed by atoms with Gasteiger partial charge in [0, 0.05) is 34.6 Å². The number of fused-ring (bicyclic) bond motifs is 2. The first kappa shape index (κ1) is 40.2. The molecule has 4 amide bonds. The summed E-state index contributed by atoms with van der Waals surface area (Å²) in [5.41, 5.74) is -0.369. The van der Waals surface area contributed by atoms with Gasteiger partial charge in [-0.25, -0.2) is 4.90 Å². The number of carbonyl (C=O) groups excluding carboxylic acids is 9. The topological polar surface area (TPSA) is 234 Å². The van der Waals surface area contributed by atoms with E-state index in [4.69, 9.17) is 37.9 Å². The van der Waals surface area contributed by atoms with Crippen LogP contribution in [0.15, 0.2) is 60.5 Å². The molecule has 0 bridgehead atoms. The predicted molar refractivity (Wildman–Crippen MR) is 184 cm³/mol. The number of hydrogen-bond acceptors (Lipinski definition) is 17. The predicted octanol–water partition coefficient (Wildman–Crippen LogP) is 1.22. The fourth-order valence-electron chi connectivity index (χ4n) is 6.97. The molecule has 1 saturated heterocycles. The highest BCUT2D eigenvalue weighted by atomic mass is 16.7. The van der Waals surface area contributed by atoms with E-state index in [9.17, 15) is 43.2 Å². The number of hydrogen-bond donors (Lipinski definition) is 0. The smallest absolute Gasteiger partial charge is 0.303 e. The molecule has 6 rings (SSSR count). The summed E-state index contributed by atoms with van der Waals surface area (Å²) in [6.45, 7) is 4.02. The number of carbonyl (C=O) groups is 9. The van der Waals surface area contributed by atoms with Crippen LogP contribution in [0, 0.1) is 0 Å². The number of imide groups is 2. The second kappa shape index (κ2) is 16.3. The molecule has 300 valence electrons. The highest BCUT2D eigenvalue weighted by Crippen LogP contribution is 2.39. The lowest BCUT2D eigenvalue weighted by Gasteiger charge is -2.49. The maximum atomic E-state index is 14.1. The van der Waals surface area contributed by atoms with E-state index in [-0.39, 0.29) is 28.0 Å². The molecule has 0 spiro atoms. The van der Waals surface area contributed by atoms with Crippen LogP contribution in [0.1, 0.15) is 76.1 Å². The Labute approximate surface area is 323 Å². The van der Waals surface area contributed by atoms with Gasteiger partial charge in [0.05, 0.1) is 22.3 Å². The molecule has 2 aromatic rings. The Balaban J connectivity index is 1.50. The number of rotatable bonds is 11. The molecule has 57 heavy (non-hydrogen) atoms. The highest BCUT2D eigenvalue weighted by Gasteiger charge is 2.59. The molecule has 1 fully saturated rings. The van der Waals surface area contributed by atoms with Crippen LogP contribution in [0.25, 0.3) is 0 Å². The Morgan fingerprint density at radius 3 is 1.51 bits per heavy atom. The average molecular weight is 793 g/mol. The Hall–Kier alpha value is -6.47.